The lowest BCUT2D eigenvalue weighted by Crippen LogP contribution is -2.92. The number of nitrogens with two attached hydrogens (primary N) is 1. The SMILES string of the molecule is COc1ccccc1CC[NH2+][C@@H]1CC(=O)N(c2ccc(C)cc2)C1=O. The molecular weight excluding hydrogens is 316 g/mol. The van der Waals surface area contributed by atoms with Crippen molar-refractivity contribution in [3.63, 3.8) is 0 Å². The van der Waals surface area contributed by atoms with Crippen molar-refractivity contribution in [2.45, 2.75) is 25.8 Å². The summed E-state index contributed by atoms with van der Waals surface area (Å²) in [6.07, 6.45) is 1.03. The molecule has 3 rings (SSSR count). The molecule has 2 amide bonds. The first-order valence-electron chi connectivity index (χ1n) is 8.49. The number of rotatable bonds is 6. The lowest BCUT2D eigenvalue weighted by Gasteiger charge is -2.14. The number of anilines is 1. The number of hydrogen-bond donors (Lipinski definition) is 1. The van der Waals surface area contributed by atoms with Gasteiger partial charge < -0.3 is 10.1 Å². The van der Waals surface area contributed by atoms with Gasteiger partial charge in [-0.15, -0.1) is 0 Å². The van der Waals surface area contributed by atoms with E-state index in [9.17, 15) is 9.59 Å². The van der Waals surface area contributed by atoms with Crippen LogP contribution in [0.4, 0.5) is 5.69 Å². The summed E-state index contributed by atoms with van der Waals surface area (Å²) >= 11 is 0. The Balaban J connectivity index is 1.62. The number of para-hydroxylation sites is 1. The van der Waals surface area contributed by atoms with Crippen molar-refractivity contribution in [2.75, 3.05) is 18.6 Å². The molecule has 0 bridgehead atoms. The smallest absolute Gasteiger partial charge is 0.292 e. The van der Waals surface area contributed by atoms with Crippen LogP contribution in [0.2, 0.25) is 0 Å². The zero-order chi connectivity index (χ0) is 17.8. The summed E-state index contributed by atoms with van der Waals surface area (Å²) < 4.78 is 5.35. The molecule has 1 saturated heterocycles. The van der Waals surface area contributed by atoms with Gasteiger partial charge in [-0.25, -0.2) is 4.90 Å². The maximum absolute atomic E-state index is 12.6. The minimum Gasteiger partial charge on any atom is -0.496 e. The lowest BCUT2D eigenvalue weighted by molar-refractivity contribution is -0.674. The summed E-state index contributed by atoms with van der Waals surface area (Å²) in [7, 11) is 1.65. The highest BCUT2D eigenvalue weighted by atomic mass is 16.5. The number of hydrogen-bond acceptors (Lipinski definition) is 3. The first kappa shape index (κ1) is 17.2. The van der Waals surface area contributed by atoms with E-state index in [1.807, 2.05) is 60.8 Å². The van der Waals surface area contributed by atoms with Gasteiger partial charge in [0.25, 0.3) is 5.91 Å². The van der Waals surface area contributed by atoms with Crippen LogP contribution >= 0.6 is 0 Å². The van der Waals surface area contributed by atoms with E-state index < -0.39 is 0 Å². The van der Waals surface area contributed by atoms with Crippen LogP contribution in [-0.2, 0) is 16.0 Å². The number of nitrogens with zero attached hydrogens (tertiary/aromatic N) is 1. The van der Waals surface area contributed by atoms with Crippen molar-refractivity contribution in [1.29, 1.82) is 0 Å². The van der Waals surface area contributed by atoms with Gasteiger partial charge in [0.1, 0.15) is 5.75 Å². The van der Waals surface area contributed by atoms with Crippen LogP contribution in [0.1, 0.15) is 17.5 Å². The van der Waals surface area contributed by atoms with Gasteiger partial charge in [0.15, 0.2) is 6.04 Å². The second-order valence-electron chi connectivity index (χ2n) is 6.30. The predicted molar refractivity (Wildman–Crippen MR) is 95.6 cm³/mol. The number of carbonyl (C=O) groups is 2. The molecule has 1 aliphatic rings. The minimum absolute atomic E-state index is 0.131. The van der Waals surface area contributed by atoms with Gasteiger partial charge in [-0.3, -0.25) is 9.59 Å². The molecule has 1 aliphatic heterocycles. The highest BCUT2D eigenvalue weighted by Gasteiger charge is 2.41. The van der Waals surface area contributed by atoms with Crippen LogP contribution in [-0.4, -0.2) is 31.5 Å². The Labute approximate surface area is 147 Å². The van der Waals surface area contributed by atoms with Crippen LogP contribution in [0.3, 0.4) is 0 Å². The van der Waals surface area contributed by atoms with Crippen molar-refractivity contribution in [3.8, 4) is 5.75 Å². The van der Waals surface area contributed by atoms with Gasteiger partial charge in [-0.2, -0.15) is 0 Å². The van der Waals surface area contributed by atoms with Crippen molar-refractivity contribution in [1.82, 2.24) is 0 Å². The topological polar surface area (TPSA) is 63.2 Å². The average Bonchev–Trinajstić information content (AvgIpc) is 2.90. The largest absolute Gasteiger partial charge is 0.496 e. The van der Waals surface area contributed by atoms with Crippen LogP contribution in [0, 0.1) is 6.92 Å². The van der Waals surface area contributed by atoms with E-state index in [1.165, 1.54) is 4.90 Å². The van der Waals surface area contributed by atoms with E-state index in [2.05, 4.69) is 0 Å². The van der Waals surface area contributed by atoms with Gasteiger partial charge in [-0.1, -0.05) is 35.9 Å². The average molecular weight is 339 g/mol. The highest BCUT2D eigenvalue weighted by Crippen LogP contribution is 2.22. The second-order valence-corrected chi connectivity index (χ2v) is 6.30. The van der Waals surface area contributed by atoms with Crippen molar-refractivity contribution >= 4 is 17.5 Å². The number of carbonyl (C=O) groups excluding carboxylic acids is 2. The molecule has 5 nitrogen and oxygen atoms in total. The Morgan fingerprint density at radius 1 is 1.12 bits per heavy atom. The lowest BCUT2D eigenvalue weighted by atomic mass is 10.1. The molecular formula is C20H23N2O3+. The quantitative estimate of drug-likeness (QED) is 0.810. The van der Waals surface area contributed by atoms with E-state index in [0.29, 0.717) is 5.69 Å². The molecule has 5 heteroatoms. The zero-order valence-electron chi connectivity index (χ0n) is 14.6. The molecule has 0 aromatic heterocycles. The Kier molecular flexibility index (Phi) is 5.14. The molecule has 0 spiro atoms. The molecule has 0 radical (unpaired) electrons. The molecule has 2 aromatic carbocycles. The van der Waals surface area contributed by atoms with Crippen molar-refractivity contribution in [2.24, 2.45) is 0 Å². The van der Waals surface area contributed by atoms with E-state index >= 15 is 0 Å². The molecule has 2 N–H and O–H groups in total. The summed E-state index contributed by atoms with van der Waals surface area (Å²) in [6.45, 7) is 2.71. The number of aryl methyl sites for hydroxylation is 1. The number of imide groups is 1. The third kappa shape index (κ3) is 3.72. The highest BCUT2D eigenvalue weighted by molar-refractivity contribution is 6.21. The number of methoxy groups -OCH3 is 1. The summed E-state index contributed by atoms with van der Waals surface area (Å²) in [5.74, 6) is 0.590. The summed E-state index contributed by atoms with van der Waals surface area (Å²) in [6, 6.07) is 15.0. The summed E-state index contributed by atoms with van der Waals surface area (Å²) in [5.41, 5.74) is 2.86. The standard InChI is InChI=1S/C20H22N2O3/c1-14-7-9-16(10-8-14)22-19(23)13-17(20(22)24)21-12-11-15-5-3-4-6-18(15)25-2/h3-10,17,21H,11-13H2,1-2H3/p+1/t17-/m1/s1. The molecule has 1 atom stereocenters. The zero-order valence-corrected chi connectivity index (χ0v) is 14.6. The second kappa shape index (κ2) is 7.49. The first-order chi connectivity index (χ1) is 12.1. The van der Waals surface area contributed by atoms with Crippen molar-refractivity contribution < 1.29 is 19.6 Å². The molecule has 0 saturated carbocycles. The summed E-state index contributed by atoms with van der Waals surface area (Å²) in [5, 5.41) is 1.96. The molecule has 2 aromatic rings. The fourth-order valence-electron chi connectivity index (χ4n) is 3.15. The fourth-order valence-corrected chi connectivity index (χ4v) is 3.15. The van der Waals surface area contributed by atoms with Gasteiger partial charge >= 0.3 is 0 Å². The van der Waals surface area contributed by atoms with Crippen LogP contribution in [0.5, 0.6) is 5.75 Å². The van der Waals surface area contributed by atoms with Crippen molar-refractivity contribution in [3.05, 3.63) is 59.7 Å². The monoisotopic (exact) mass is 339 g/mol. The number of amides is 2. The summed E-state index contributed by atoms with van der Waals surface area (Å²) in [4.78, 5) is 26.2. The number of quaternary nitrogens is 1. The third-order valence-corrected chi connectivity index (χ3v) is 4.53. The van der Waals surface area contributed by atoms with Gasteiger partial charge in [-0.05, 0) is 30.7 Å². The molecule has 1 heterocycles. The van der Waals surface area contributed by atoms with Gasteiger partial charge in [0.2, 0.25) is 5.91 Å². The fraction of sp³-hybridized carbons (Fsp3) is 0.300. The normalized spacial score (nSPS) is 17.2. The van der Waals surface area contributed by atoms with E-state index in [1.54, 1.807) is 7.11 Å². The van der Waals surface area contributed by atoms with Crippen LogP contribution in [0.15, 0.2) is 48.5 Å². The Morgan fingerprint density at radius 3 is 2.56 bits per heavy atom. The van der Waals surface area contributed by atoms with Crippen LogP contribution < -0.4 is 15.0 Å². The Bertz CT molecular complexity index is 771. The maximum Gasteiger partial charge on any atom is 0.292 e. The maximum atomic E-state index is 12.6. The molecule has 130 valence electrons. The van der Waals surface area contributed by atoms with E-state index in [-0.39, 0.29) is 24.3 Å². The number of benzene rings is 2. The minimum atomic E-state index is -0.344. The Morgan fingerprint density at radius 2 is 1.84 bits per heavy atom. The molecule has 25 heavy (non-hydrogen) atoms. The number of ether oxygens (including phenoxy) is 1. The van der Waals surface area contributed by atoms with Gasteiger partial charge in [0, 0.05) is 6.42 Å². The Hall–Kier alpha value is -2.66. The first-order valence-corrected chi connectivity index (χ1v) is 8.49. The van der Waals surface area contributed by atoms with E-state index in [4.69, 9.17) is 4.74 Å². The van der Waals surface area contributed by atoms with Gasteiger partial charge in [0.05, 0.1) is 25.8 Å². The molecule has 0 unspecified atom stereocenters. The predicted octanol–water partition coefficient (Wildman–Crippen LogP) is 1.44. The molecule has 1 fully saturated rings. The third-order valence-electron chi connectivity index (χ3n) is 4.53. The van der Waals surface area contributed by atoms with Crippen LogP contribution in [0.25, 0.3) is 0 Å². The van der Waals surface area contributed by atoms with E-state index in [0.717, 1.165) is 29.8 Å². The molecule has 0 aliphatic carbocycles.